The van der Waals surface area contributed by atoms with E-state index in [-0.39, 0.29) is 0 Å². The third-order valence-corrected chi connectivity index (χ3v) is 3.67. The van der Waals surface area contributed by atoms with Gasteiger partial charge in [0.05, 0.1) is 6.54 Å². The monoisotopic (exact) mass is 259 g/mol. The molecule has 19 heavy (non-hydrogen) atoms. The molecule has 0 bridgehead atoms. The maximum absolute atomic E-state index is 6.05. The van der Waals surface area contributed by atoms with Crippen LogP contribution in [0, 0.1) is 12.8 Å². The molecule has 2 nitrogen and oxygen atoms in total. The van der Waals surface area contributed by atoms with E-state index >= 15 is 0 Å². The molecule has 1 heterocycles. The molecule has 0 amide bonds. The summed E-state index contributed by atoms with van der Waals surface area (Å²) in [5, 5.41) is 1.31. The van der Waals surface area contributed by atoms with Crippen LogP contribution in [0.15, 0.2) is 16.5 Å². The highest BCUT2D eigenvalue weighted by atomic mass is 16.3. The zero-order chi connectivity index (χ0) is 14.2. The molecule has 0 fully saturated rings. The molecule has 0 radical (unpaired) electrons. The van der Waals surface area contributed by atoms with Crippen molar-refractivity contribution >= 4 is 11.0 Å². The lowest BCUT2D eigenvalue weighted by atomic mass is 9.91. The molecule has 0 saturated heterocycles. The van der Waals surface area contributed by atoms with Crippen LogP contribution in [0.5, 0.6) is 0 Å². The summed E-state index contributed by atoms with van der Waals surface area (Å²) >= 11 is 0. The number of hydrogen-bond acceptors (Lipinski definition) is 2. The van der Waals surface area contributed by atoms with E-state index in [1.54, 1.807) is 0 Å². The molecular weight excluding hydrogens is 234 g/mol. The summed E-state index contributed by atoms with van der Waals surface area (Å²) < 4.78 is 6.05. The van der Waals surface area contributed by atoms with Crippen LogP contribution in [0.25, 0.3) is 11.0 Å². The minimum atomic E-state index is 0.480. The Labute approximate surface area is 116 Å². The Morgan fingerprint density at radius 3 is 2.37 bits per heavy atom. The second kappa shape index (κ2) is 5.38. The molecule has 2 aromatic rings. The Hall–Kier alpha value is -1.28. The topological polar surface area (TPSA) is 39.2 Å². The fraction of sp³-hybridized carbons (Fsp3) is 0.529. The van der Waals surface area contributed by atoms with Crippen molar-refractivity contribution in [2.75, 3.05) is 0 Å². The second-order valence-corrected chi connectivity index (χ2v) is 6.14. The van der Waals surface area contributed by atoms with Crippen molar-refractivity contribution in [3.05, 3.63) is 34.6 Å². The highest BCUT2D eigenvalue weighted by Crippen LogP contribution is 2.35. The molecule has 0 unspecified atom stereocenters. The van der Waals surface area contributed by atoms with Crippen molar-refractivity contribution in [1.29, 1.82) is 0 Å². The summed E-state index contributed by atoms with van der Waals surface area (Å²) in [5.74, 6) is 2.06. The van der Waals surface area contributed by atoms with Crippen molar-refractivity contribution in [3.8, 4) is 0 Å². The van der Waals surface area contributed by atoms with Gasteiger partial charge in [0.1, 0.15) is 11.3 Å². The summed E-state index contributed by atoms with van der Waals surface area (Å²) in [7, 11) is 0. The molecule has 1 aromatic carbocycles. The van der Waals surface area contributed by atoms with Gasteiger partial charge in [-0.25, -0.2) is 0 Å². The molecule has 104 valence electrons. The number of rotatable bonds is 4. The Morgan fingerprint density at radius 2 is 1.84 bits per heavy atom. The Morgan fingerprint density at radius 1 is 1.16 bits per heavy atom. The van der Waals surface area contributed by atoms with E-state index in [9.17, 15) is 0 Å². The van der Waals surface area contributed by atoms with Gasteiger partial charge in [0, 0.05) is 10.9 Å². The van der Waals surface area contributed by atoms with E-state index < -0.39 is 0 Å². The third-order valence-electron chi connectivity index (χ3n) is 3.67. The first-order valence-electron chi connectivity index (χ1n) is 7.19. The summed E-state index contributed by atoms with van der Waals surface area (Å²) in [6.45, 7) is 11.5. The van der Waals surface area contributed by atoms with Crippen molar-refractivity contribution in [2.45, 2.75) is 53.5 Å². The molecule has 0 aliphatic rings. The van der Waals surface area contributed by atoms with E-state index in [0.29, 0.717) is 18.4 Å². The predicted octanol–water partition coefficient (Wildman–Crippen LogP) is 4.52. The number of furan rings is 1. The van der Waals surface area contributed by atoms with Gasteiger partial charge in [-0.15, -0.1) is 0 Å². The van der Waals surface area contributed by atoms with Gasteiger partial charge in [0.15, 0.2) is 0 Å². The minimum absolute atomic E-state index is 0.480. The quantitative estimate of drug-likeness (QED) is 0.876. The van der Waals surface area contributed by atoms with E-state index in [2.05, 4.69) is 46.8 Å². The van der Waals surface area contributed by atoms with Crippen LogP contribution >= 0.6 is 0 Å². The molecule has 0 aliphatic carbocycles. The summed E-state index contributed by atoms with van der Waals surface area (Å²) in [4.78, 5) is 0. The van der Waals surface area contributed by atoms with Crippen molar-refractivity contribution in [1.82, 2.24) is 0 Å². The number of nitrogens with two attached hydrogens (primary N) is 1. The van der Waals surface area contributed by atoms with Gasteiger partial charge in [-0.3, -0.25) is 0 Å². The highest BCUT2D eigenvalue weighted by Gasteiger charge is 2.19. The number of fused-ring (bicyclic) bond motifs is 1. The molecule has 2 N–H and O–H groups in total. The third kappa shape index (κ3) is 2.55. The van der Waals surface area contributed by atoms with Gasteiger partial charge < -0.3 is 10.2 Å². The first-order valence-corrected chi connectivity index (χ1v) is 7.19. The molecule has 1 aromatic heterocycles. The maximum atomic E-state index is 6.05. The lowest BCUT2D eigenvalue weighted by Gasteiger charge is -2.11. The van der Waals surface area contributed by atoms with Crippen LogP contribution in [0.1, 0.15) is 56.1 Å². The Balaban J connectivity index is 2.78. The van der Waals surface area contributed by atoms with Crippen LogP contribution in [0.4, 0.5) is 0 Å². The van der Waals surface area contributed by atoms with Gasteiger partial charge >= 0.3 is 0 Å². The fourth-order valence-corrected chi connectivity index (χ4v) is 2.74. The normalized spacial score (nSPS) is 12.0. The zero-order valence-electron chi connectivity index (χ0n) is 12.7. The van der Waals surface area contributed by atoms with E-state index in [1.165, 1.54) is 22.1 Å². The molecule has 0 aliphatic heterocycles. The van der Waals surface area contributed by atoms with Crippen LogP contribution in [-0.2, 0) is 13.0 Å². The van der Waals surface area contributed by atoms with Crippen molar-refractivity contribution in [3.63, 3.8) is 0 Å². The van der Waals surface area contributed by atoms with Gasteiger partial charge in [-0.05, 0) is 36.3 Å². The van der Waals surface area contributed by atoms with Crippen LogP contribution in [0.3, 0.4) is 0 Å². The largest absolute Gasteiger partial charge is 0.459 e. The molecule has 0 atom stereocenters. The molecule has 2 heteroatoms. The SMILES string of the molecule is Cc1ccc(C(C)C)c2c(CC(C)C)c(CN)oc12. The maximum Gasteiger partial charge on any atom is 0.137 e. The smallest absolute Gasteiger partial charge is 0.137 e. The fourth-order valence-electron chi connectivity index (χ4n) is 2.74. The van der Waals surface area contributed by atoms with Gasteiger partial charge in [-0.1, -0.05) is 39.8 Å². The summed E-state index contributed by atoms with van der Waals surface area (Å²) in [5.41, 5.74) is 10.8. The van der Waals surface area contributed by atoms with E-state index in [0.717, 1.165) is 17.8 Å². The lowest BCUT2D eigenvalue weighted by Crippen LogP contribution is -2.02. The summed E-state index contributed by atoms with van der Waals surface area (Å²) in [6, 6.07) is 4.39. The number of benzene rings is 1. The molecule has 0 saturated carbocycles. The predicted molar refractivity (Wildman–Crippen MR) is 81.5 cm³/mol. The van der Waals surface area contributed by atoms with Gasteiger partial charge in [0.2, 0.25) is 0 Å². The van der Waals surface area contributed by atoms with Gasteiger partial charge in [0.25, 0.3) is 0 Å². The first-order chi connectivity index (χ1) is 8.95. The number of aryl methyl sites for hydroxylation is 1. The van der Waals surface area contributed by atoms with Crippen LogP contribution in [0.2, 0.25) is 0 Å². The van der Waals surface area contributed by atoms with Crippen LogP contribution < -0.4 is 5.73 Å². The molecule has 2 rings (SSSR count). The molecular formula is C17H25NO. The van der Waals surface area contributed by atoms with Crippen molar-refractivity contribution < 1.29 is 4.42 Å². The molecule has 0 spiro atoms. The van der Waals surface area contributed by atoms with Crippen molar-refractivity contribution in [2.24, 2.45) is 11.7 Å². The van der Waals surface area contributed by atoms with E-state index in [1.807, 2.05) is 0 Å². The van der Waals surface area contributed by atoms with Gasteiger partial charge in [-0.2, -0.15) is 0 Å². The first kappa shape index (κ1) is 14.1. The Bertz CT molecular complexity index is 578. The van der Waals surface area contributed by atoms with Crippen LogP contribution in [-0.4, -0.2) is 0 Å². The highest BCUT2D eigenvalue weighted by molar-refractivity contribution is 5.88. The number of hydrogen-bond donors (Lipinski definition) is 1. The standard InChI is InChI=1S/C17H25NO/c1-10(2)8-14-15(9-18)19-17-12(5)6-7-13(11(3)4)16(14)17/h6-7,10-11H,8-9,18H2,1-5H3. The van der Waals surface area contributed by atoms with E-state index in [4.69, 9.17) is 10.2 Å². The zero-order valence-corrected chi connectivity index (χ0v) is 12.7. The second-order valence-electron chi connectivity index (χ2n) is 6.14. The Kier molecular flexibility index (Phi) is 4.00. The lowest BCUT2D eigenvalue weighted by molar-refractivity contribution is 0.534. The minimum Gasteiger partial charge on any atom is -0.459 e. The average Bonchev–Trinajstić information content (AvgIpc) is 2.68. The average molecular weight is 259 g/mol. The summed E-state index contributed by atoms with van der Waals surface area (Å²) in [6.07, 6.45) is 1.03.